The fourth-order valence-corrected chi connectivity index (χ4v) is 4.30. The summed E-state index contributed by atoms with van der Waals surface area (Å²) in [4.78, 5) is 18.3. The molecule has 31 heavy (non-hydrogen) atoms. The quantitative estimate of drug-likeness (QED) is 0.313. The Hall–Kier alpha value is -1.65. The molecule has 1 saturated heterocycles. The van der Waals surface area contributed by atoms with E-state index < -0.39 is 5.60 Å². The van der Waals surface area contributed by atoms with Gasteiger partial charge in [0.05, 0.1) is 6.10 Å². The lowest BCUT2D eigenvalue weighted by Gasteiger charge is -2.34. The topological polar surface area (TPSA) is 74.9 Å². The van der Waals surface area contributed by atoms with Gasteiger partial charge in [-0.2, -0.15) is 5.26 Å². The van der Waals surface area contributed by atoms with Crippen LogP contribution in [0.2, 0.25) is 0 Å². The first-order valence-corrected chi connectivity index (χ1v) is 13.0. The van der Waals surface area contributed by atoms with Crippen molar-refractivity contribution in [3.8, 4) is 6.07 Å². The molecule has 1 heterocycles. The lowest BCUT2D eigenvalue weighted by Crippen LogP contribution is -2.42. The van der Waals surface area contributed by atoms with E-state index in [1.165, 1.54) is 5.57 Å². The largest absolute Gasteiger partial charge is 0.444 e. The van der Waals surface area contributed by atoms with Crippen molar-refractivity contribution in [2.24, 2.45) is 10.9 Å². The Morgan fingerprint density at radius 1 is 1.35 bits per heavy atom. The minimum Gasteiger partial charge on any atom is -0.444 e. The second-order valence-corrected chi connectivity index (χ2v) is 10.4. The maximum absolute atomic E-state index is 12.3. The van der Waals surface area contributed by atoms with Gasteiger partial charge >= 0.3 is 6.09 Å². The van der Waals surface area contributed by atoms with Crippen LogP contribution in [0.3, 0.4) is 0 Å². The van der Waals surface area contributed by atoms with E-state index in [0.717, 1.165) is 51.6 Å². The fourth-order valence-electron chi connectivity index (χ4n) is 3.66. The van der Waals surface area contributed by atoms with E-state index in [2.05, 4.69) is 23.9 Å². The summed E-state index contributed by atoms with van der Waals surface area (Å²) in [6, 6.07) is 2.17. The molecular weight excluding hydrogens is 410 g/mol. The third-order valence-corrected chi connectivity index (χ3v) is 5.79. The molecule has 1 aliphatic rings. The van der Waals surface area contributed by atoms with Gasteiger partial charge in [-0.1, -0.05) is 29.1 Å². The normalized spacial score (nSPS) is 18.4. The SMILES string of the molecule is C=[S@@](C)OC(CC/C(=C/C(C#N)=NCC)CC)CC1CCN(C(=O)OC(C)(C)C)CC1. The number of allylic oxidation sites excluding steroid dienone is 2. The van der Waals surface area contributed by atoms with Crippen LogP contribution in [0.4, 0.5) is 4.79 Å². The maximum Gasteiger partial charge on any atom is 0.410 e. The average Bonchev–Trinajstić information content (AvgIpc) is 2.68. The number of hydrogen-bond donors (Lipinski definition) is 0. The molecule has 176 valence electrons. The minimum atomic E-state index is -0.462. The molecule has 0 aliphatic carbocycles. The minimum absolute atomic E-state index is 0.132. The Kier molecular flexibility index (Phi) is 12.1. The highest BCUT2D eigenvalue weighted by Gasteiger charge is 2.28. The van der Waals surface area contributed by atoms with Crippen molar-refractivity contribution < 1.29 is 13.7 Å². The van der Waals surface area contributed by atoms with E-state index in [1.807, 2.05) is 44.9 Å². The van der Waals surface area contributed by atoms with Crippen LogP contribution in [-0.4, -0.2) is 60.2 Å². The number of likely N-dealkylation sites (tertiary alicyclic amines) is 1. The smallest absolute Gasteiger partial charge is 0.410 e. The molecule has 7 heteroatoms. The number of amides is 1. The zero-order chi connectivity index (χ0) is 23.4. The van der Waals surface area contributed by atoms with Crippen molar-refractivity contribution in [3.63, 3.8) is 0 Å². The van der Waals surface area contributed by atoms with Gasteiger partial charge in [-0.25, -0.2) is 4.79 Å². The van der Waals surface area contributed by atoms with E-state index in [9.17, 15) is 10.1 Å². The van der Waals surface area contributed by atoms with Crippen molar-refractivity contribution in [1.82, 2.24) is 4.90 Å². The molecule has 1 rings (SSSR count). The number of nitrogens with zero attached hydrogens (tertiary/aromatic N) is 3. The molecule has 0 spiro atoms. The first-order chi connectivity index (χ1) is 14.6. The molecule has 0 radical (unpaired) electrons. The van der Waals surface area contributed by atoms with E-state index in [4.69, 9.17) is 8.92 Å². The Morgan fingerprint density at radius 3 is 2.48 bits per heavy atom. The Balaban J connectivity index is 2.65. The summed E-state index contributed by atoms with van der Waals surface area (Å²) in [6.45, 7) is 11.8. The van der Waals surface area contributed by atoms with Crippen LogP contribution < -0.4 is 0 Å². The van der Waals surface area contributed by atoms with Crippen LogP contribution >= 0.6 is 10.8 Å². The zero-order valence-electron chi connectivity index (χ0n) is 20.3. The number of rotatable bonds is 10. The Bertz CT molecular complexity index is 696. The lowest BCUT2D eigenvalue weighted by molar-refractivity contribution is 0.0168. The molecule has 1 amide bonds. The highest BCUT2D eigenvalue weighted by Crippen LogP contribution is 2.29. The van der Waals surface area contributed by atoms with Gasteiger partial charge in [0.25, 0.3) is 0 Å². The van der Waals surface area contributed by atoms with Crippen molar-refractivity contribution >= 4 is 28.4 Å². The predicted molar refractivity (Wildman–Crippen MR) is 132 cm³/mol. The third kappa shape index (κ3) is 11.5. The fraction of sp³-hybridized carbons (Fsp3) is 0.750. The van der Waals surface area contributed by atoms with E-state index in [-0.39, 0.29) is 23.0 Å². The molecule has 1 aliphatic heterocycles. The molecule has 6 nitrogen and oxygen atoms in total. The standard InChI is InChI=1S/C24H41N3O3S/c1-8-19(16-21(18-25)26-9-2)10-11-22(30-31(6)7)17-20-12-14-27(15-13-20)23(28)29-24(3,4)5/h16,20,22H,6,8-15,17H2,1-5,7H3/b19-16+,26-21?/t22?,31-/m0/s1. The van der Waals surface area contributed by atoms with Crippen molar-refractivity contribution in [3.05, 3.63) is 11.6 Å². The van der Waals surface area contributed by atoms with Crippen LogP contribution in [0.5, 0.6) is 0 Å². The summed E-state index contributed by atoms with van der Waals surface area (Å²) in [5, 5.41) is 9.24. The third-order valence-electron chi connectivity index (χ3n) is 5.19. The van der Waals surface area contributed by atoms with Crippen molar-refractivity contribution in [1.29, 1.82) is 5.26 Å². The lowest BCUT2D eigenvalue weighted by atomic mass is 9.89. The highest BCUT2D eigenvalue weighted by molar-refractivity contribution is 8.09. The number of hydrogen-bond acceptors (Lipinski definition) is 5. The van der Waals surface area contributed by atoms with Gasteiger partial charge in [-0.05, 0) is 78.2 Å². The summed E-state index contributed by atoms with van der Waals surface area (Å²) in [7, 11) is -0.338. The number of aliphatic imine (C=N–C) groups is 1. The van der Waals surface area contributed by atoms with Gasteiger partial charge in [0.15, 0.2) is 0 Å². The monoisotopic (exact) mass is 451 g/mol. The number of ether oxygens (including phenoxy) is 1. The second kappa shape index (κ2) is 13.7. The number of carbonyl (C=O) groups excluding carboxylic acids is 1. The van der Waals surface area contributed by atoms with Gasteiger partial charge < -0.3 is 13.8 Å². The van der Waals surface area contributed by atoms with Crippen molar-refractivity contribution in [2.45, 2.75) is 84.8 Å². The molecule has 0 aromatic rings. The summed E-state index contributed by atoms with van der Waals surface area (Å²) in [5.41, 5.74) is 1.26. The predicted octanol–water partition coefficient (Wildman–Crippen LogP) is 5.76. The number of carbonyl (C=O) groups is 1. The molecule has 0 aromatic carbocycles. The zero-order valence-corrected chi connectivity index (χ0v) is 21.1. The summed E-state index contributed by atoms with van der Waals surface area (Å²) in [6.07, 6.45) is 9.43. The Morgan fingerprint density at radius 2 is 2.00 bits per heavy atom. The highest BCUT2D eigenvalue weighted by atomic mass is 32.2. The van der Waals surface area contributed by atoms with Crippen molar-refractivity contribution in [2.75, 3.05) is 25.9 Å². The summed E-state index contributed by atoms with van der Waals surface area (Å²) < 4.78 is 11.7. The maximum atomic E-state index is 12.3. The van der Waals surface area contributed by atoms with Gasteiger partial charge in [-0.3, -0.25) is 4.99 Å². The second-order valence-electron chi connectivity index (χ2n) is 9.10. The van der Waals surface area contributed by atoms with Gasteiger partial charge in [0.2, 0.25) is 0 Å². The summed E-state index contributed by atoms with van der Waals surface area (Å²) >= 11 is 0. The molecule has 0 aromatic heterocycles. The summed E-state index contributed by atoms with van der Waals surface area (Å²) in [5.74, 6) is 4.56. The first kappa shape index (κ1) is 27.4. The molecule has 0 bridgehead atoms. The van der Waals surface area contributed by atoms with Gasteiger partial charge in [0.1, 0.15) is 17.4 Å². The van der Waals surface area contributed by atoms with E-state index in [0.29, 0.717) is 18.2 Å². The average molecular weight is 452 g/mol. The molecule has 0 saturated carbocycles. The number of piperidine rings is 1. The molecule has 1 fully saturated rings. The van der Waals surface area contributed by atoms with Crippen LogP contribution in [0.25, 0.3) is 0 Å². The Labute approximate surface area is 191 Å². The van der Waals surface area contributed by atoms with Crippen LogP contribution in [0.1, 0.15) is 73.1 Å². The first-order valence-electron chi connectivity index (χ1n) is 11.3. The van der Waals surface area contributed by atoms with Crippen LogP contribution in [0, 0.1) is 17.2 Å². The number of nitriles is 1. The van der Waals surface area contributed by atoms with E-state index in [1.54, 1.807) is 0 Å². The van der Waals surface area contributed by atoms with Gasteiger partial charge in [-0.15, -0.1) is 0 Å². The molecule has 1 unspecified atom stereocenters. The van der Waals surface area contributed by atoms with Gasteiger partial charge in [0, 0.05) is 25.9 Å². The van der Waals surface area contributed by atoms with E-state index >= 15 is 0 Å². The molecule has 2 atom stereocenters. The molecule has 0 N–H and O–H groups in total. The van der Waals surface area contributed by atoms with Crippen LogP contribution in [-0.2, 0) is 8.92 Å². The molecular formula is C24H41N3O3S. The van der Waals surface area contributed by atoms with Crippen LogP contribution in [0.15, 0.2) is 16.6 Å².